The molecule has 52 heavy (non-hydrogen) atoms. The van der Waals surface area contributed by atoms with Gasteiger partial charge in [0.2, 0.25) is 0 Å². The van der Waals surface area contributed by atoms with E-state index in [1.165, 1.54) is 51.9 Å². The molecule has 0 aromatic heterocycles. The molecule has 0 unspecified atom stereocenters. The van der Waals surface area contributed by atoms with Crippen molar-refractivity contribution < 1.29 is 14.4 Å². The third-order valence-electron chi connectivity index (χ3n) is 9.41. The van der Waals surface area contributed by atoms with E-state index in [0.29, 0.717) is 33.9 Å². The smallest absolute Gasteiger partial charge is 0.323 e. The maximum atomic E-state index is 12.9. The van der Waals surface area contributed by atoms with Gasteiger partial charge in [0.05, 0.1) is 0 Å². The fourth-order valence-corrected chi connectivity index (χ4v) is 6.61. The Morgan fingerprint density at radius 2 is 0.846 bits per heavy atom. The summed E-state index contributed by atoms with van der Waals surface area (Å²) in [4.78, 5) is 43.5. The molecule has 0 atom stereocenters. The minimum atomic E-state index is -0.441. The molecule has 2 fully saturated rings. The molecule has 6 N–H and O–H groups in total. The average Bonchev–Trinajstić information content (AvgIpc) is 3.88. The van der Waals surface area contributed by atoms with Crippen LogP contribution in [-0.4, -0.2) is 80.0 Å². The Morgan fingerprint density at radius 3 is 1.25 bits per heavy atom. The maximum Gasteiger partial charge on any atom is 0.323 e. The van der Waals surface area contributed by atoms with Crippen LogP contribution in [0.25, 0.3) is 0 Å². The highest BCUT2D eigenvalue weighted by atomic mass is 16.2. The summed E-state index contributed by atoms with van der Waals surface area (Å²) in [6, 6.07) is 28.4. The van der Waals surface area contributed by atoms with E-state index in [-0.39, 0.29) is 11.8 Å². The summed E-state index contributed by atoms with van der Waals surface area (Å²) in [6.07, 6.45) is 7.36. The lowest BCUT2D eigenvalue weighted by Gasteiger charge is -2.15. The summed E-state index contributed by atoms with van der Waals surface area (Å²) in [6.45, 7) is 8.80. The van der Waals surface area contributed by atoms with E-state index < -0.39 is 6.03 Å². The van der Waals surface area contributed by atoms with Crippen LogP contribution in [0.2, 0.25) is 0 Å². The molecule has 6 rings (SSSR count). The van der Waals surface area contributed by atoms with Crippen LogP contribution in [0.4, 0.5) is 38.9 Å². The first-order valence-corrected chi connectivity index (χ1v) is 18.5. The Hall–Kier alpha value is -5.39. The van der Waals surface area contributed by atoms with Crippen molar-refractivity contribution in [2.24, 2.45) is 0 Å². The van der Waals surface area contributed by atoms with Gasteiger partial charge in [0.25, 0.3) is 11.8 Å². The van der Waals surface area contributed by atoms with Crippen LogP contribution in [0.1, 0.15) is 59.2 Å². The number of likely N-dealkylation sites (tertiary alicyclic amines) is 2. The van der Waals surface area contributed by atoms with Crippen LogP contribution in [0, 0.1) is 0 Å². The molecule has 4 aromatic carbocycles. The van der Waals surface area contributed by atoms with E-state index in [0.717, 1.165) is 50.4 Å². The van der Waals surface area contributed by atoms with E-state index in [1.54, 1.807) is 48.5 Å². The summed E-state index contributed by atoms with van der Waals surface area (Å²) in [5, 5.41) is 18.4. The lowest BCUT2D eigenvalue weighted by atomic mass is 10.1. The van der Waals surface area contributed by atoms with Crippen LogP contribution < -0.4 is 31.9 Å². The molecule has 2 saturated heterocycles. The second kappa shape index (κ2) is 18.7. The Balaban J connectivity index is 0.910. The number of benzene rings is 4. The molecule has 2 heterocycles. The molecule has 0 bridgehead atoms. The number of hydrogen-bond donors (Lipinski definition) is 6. The highest BCUT2D eigenvalue weighted by Crippen LogP contribution is 2.20. The molecule has 0 aliphatic carbocycles. The molecule has 0 saturated carbocycles. The highest BCUT2D eigenvalue weighted by molar-refractivity contribution is 6.06. The molecule has 272 valence electrons. The van der Waals surface area contributed by atoms with Crippen molar-refractivity contribution in [1.29, 1.82) is 0 Å². The van der Waals surface area contributed by atoms with Crippen molar-refractivity contribution in [1.82, 2.24) is 9.80 Å². The van der Waals surface area contributed by atoms with E-state index in [4.69, 9.17) is 0 Å². The van der Waals surface area contributed by atoms with Gasteiger partial charge in [0.1, 0.15) is 0 Å². The Morgan fingerprint density at radius 1 is 0.462 bits per heavy atom. The quantitative estimate of drug-likeness (QED) is 0.0663. The highest BCUT2D eigenvalue weighted by Gasteiger charge is 2.13. The van der Waals surface area contributed by atoms with Crippen LogP contribution in [0.3, 0.4) is 0 Å². The number of anilines is 6. The van der Waals surface area contributed by atoms with E-state index >= 15 is 0 Å². The minimum absolute atomic E-state index is 0.237. The molecule has 2 aliphatic rings. The second-order valence-electron chi connectivity index (χ2n) is 13.5. The first-order valence-electron chi connectivity index (χ1n) is 18.5. The number of urea groups is 1. The Labute approximate surface area is 306 Å². The summed E-state index contributed by atoms with van der Waals surface area (Å²) in [5.41, 5.74) is 5.37. The fraction of sp³-hybridized carbons (Fsp3) is 0.341. The zero-order valence-corrected chi connectivity index (χ0v) is 29.8. The molecule has 4 amide bonds. The first kappa shape index (κ1) is 36.4. The van der Waals surface area contributed by atoms with Crippen LogP contribution in [-0.2, 0) is 0 Å². The topological polar surface area (TPSA) is 130 Å². The number of hydrogen-bond acceptors (Lipinski definition) is 7. The third kappa shape index (κ3) is 11.3. The predicted molar refractivity (Wildman–Crippen MR) is 212 cm³/mol. The monoisotopic (exact) mass is 702 g/mol. The molecule has 0 spiro atoms. The average molecular weight is 703 g/mol. The lowest BCUT2D eigenvalue weighted by molar-refractivity contribution is 0.101. The SMILES string of the molecule is O=C(Nc1ccc(C(=O)Nc2cccc(NCCCN3CCCC3)c2)cc1)Nc1ccc(C(=O)Nc2cccc(NCCCN3CCCC3)c2)cc1. The van der Waals surface area contributed by atoms with E-state index in [1.807, 2.05) is 48.5 Å². The summed E-state index contributed by atoms with van der Waals surface area (Å²) in [5.74, 6) is -0.474. The first-order chi connectivity index (χ1) is 25.5. The third-order valence-corrected chi connectivity index (χ3v) is 9.41. The van der Waals surface area contributed by atoms with Gasteiger partial charge in [-0.25, -0.2) is 4.79 Å². The number of carbonyl (C=O) groups is 3. The van der Waals surface area contributed by atoms with Crippen molar-refractivity contribution in [2.75, 3.05) is 84.3 Å². The van der Waals surface area contributed by atoms with Gasteiger partial charge in [0, 0.05) is 58.3 Å². The van der Waals surface area contributed by atoms with Gasteiger partial charge in [-0.1, -0.05) is 12.1 Å². The normalized spacial score (nSPS) is 14.5. The van der Waals surface area contributed by atoms with Crippen LogP contribution in [0.15, 0.2) is 97.1 Å². The largest absolute Gasteiger partial charge is 0.385 e. The van der Waals surface area contributed by atoms with Gasteiger partial charge in [-0.2, -0.15) is 0 Å². The number of nitrogens with zero attached hydrogens (tertiary/aromatic N) is 2. The zero-order chi connectivity index (χ0) is 36.0. The van der Waals surface area contributed by atoms with Crippen molar-refractivity contribution in [2.45, 2.75) is 38.5 Å². The molecular weight excluding hydrogens is 653 g/mol. The van der Waals surface area contributed by atoms with Gasteiger partial charge < -0.3 is 41.7 Å². The number of amides is 4. The van der Waals surface area contributed by atoms with E-state index in [9.17, 15) is 14.4 Å². The van der Waals surface area contributed by atoms with Crippen LogP contribution in [0.5, 0.6) is 0 Å². The predicted octanol–water partition coefficient (Wildman–Crippen LogP) is 7.63. The molecule has 11 heteroatoms. The van der Waals surface area contributed by atoms with Gasteiger partial charge in [0.15, 0.2) is 0 Å². The van der Waals surface area contributed by atoms with Gasteiger partial charge >= 0.3 is 6.03 Å². The van der Waals surface area contributed by atoms with Crippen molar-refractivity contribution in [3.63, 3.8) is 0 Å². The molecular formula is C41H50N8O3. The fourth-order valence-electron chi connectivity index (χ4n) is 6.61. The standard InChI is InChI=1S/C41H50N8O3/c50-39(44-37-11-5-9-35(29-37)42-21-7-27-48-23-1-2-24-48)31-13-17-33(18-14-31)46-41(52)47-34-19-15-32(16-20-34)40(51)45-38-12-6-10-36(30-38)43-22-8-28-49-25-3-4-26-49/h5-6,9-20,29-30,42-43H,1-4,7-8,21-28H2,(H,44,50)(H,45,51)(H2,46,47,52). The van der Waals surface area contributed by atoms with Crippen molar-refractivity contribution in [3.05, 3.63) is 108 Å². The van der Waals surface area contributed by atoms with Crippen molar-refractivity contribution in [3.8, 4) is 0 Å². The van der Waals surface area contributed by atoms with Crippen LogP contribution >= 0.6 is 0 Å². The number of nitrogens with one attached hydrogen (secondary N) is 6. The van der Waals surface area contributed by atoms with Gasteiger partial charge in [-0.05, 0) is 163 Å². The summed E-state index contributed by atoms with van der Waals surface area (Å²) >= 11 is 0. The second-order valence-corrected chi connectivity index (χ2v) is 13.5. The molecule has 0 radical (unpaired) electrons. The summed E-state index contributed by atoms with van der Waals surface area (Å²) in [7, 11) is 0. The van der Waals surface area contributed by atoms with Gasteiger partial charge in [-0.3, -0.25) is 9.59 Å². The lowest BCUT2D eigenvalue weighted by Crippen LogP contribution is -2.22. The molecule has 2 aliphatic heterocycles. The maximum absolute atomic E-state index is 12.9. The zero-order valence-electron chi connectivity index (χ0n) is 29.8. The van der Waals surface area contributed by atoms with Crippen molar-refractivity contribution >= 4 is 52.0 Å². The Kier molecular flexibility index (Phi) is 13.1. The summed E-state index contributed by atoms with van der Waals surface area (Å²) < 4.78 is 0. The van der Waals surface area contributed by atoms with E-state index in [2.05, 4.69) is 41.7 Å². The molecule has 4 aromatic rings. The molecule has 11 nitrogen and oxygen atoms in total. The number of rotatable bonds is 16. The van der Waals surface area contributed by atoms with Gasteiger partial charge in [-0.15, -0.1) is 0 Å². The Bertz CT molecular complexity index is 1640. The minimum Gasteiger partial charge on any atom is -0.385 e. The number of carbonyl (C=O) groups excluding carboxylic acids is 3.